The molecule has 166 valence electrons. The first-order valence-electron chi connectivity index (χ1n) is 10.1. The lowest BCUT2D eigenvalue weighted by atomic mass is 10.2. The highest BCUT2D eigenvalue weighted by atomic mass is 32.2. The molecule has 0 aliphatic heterocycles. The fourth-order valence-corrected chi connectivity index (χ4v) is 3.96. The van der Waals surface area contributed by atoms with Crippen molar-refractivity contribution < 1.29 is 14.0 Å². The lowest BCUT2D eigenvalue weighted by Crippen LogP contribution is -2.08. The maximum Gasteiger partial charge on any atom is 0.237 e. The van der Waals surface area contributed by atoms with Crippen molar-refractivity contribution in [1.29, 1.82) is 0 Å². The van der Waals surface area contributed by atoms with Crippen molar-refractivity contribution in [3.8, 4) is 34.3 Å². The Balaban J connectivity index is 1.52. The van der Waals surface area contributed by atoms with Gasteiger partial charge in [0.2, 0.25) is 11.7 Å². The van der Waals surface area contributed by atoms with E-state index in [1.807, 2.05) is 30.3 Å². The molecular formula is C22H24N6O3S. The zero-order valence-corrected chi connectivity index (χ0v) is 19.2. The standard InChI is InChI=1S/C22H24N6O3S/c1-14(2)12-28-21(15-7-9-23-10-8-15)25-26-22(28)32-13-19-24-20(27-31-19)16-5-6-17(29-3)18(11-16)30-4/h5-11,14H,12-13H2,1-4H3. The molecule has 4 aromatic rings. The molecule has 9 nitrogen and oxygen atoms in total. The minimum Gasteiger partial charge on any atom is -0.493 e. The highest BCUT2D eigenvalue weighted by molar-refractivity contribution is 7.98. The molecule has 0 radical (unpaired) electrons. The predicted octanol–water partition coefficient (Wildman–Crippen LogP) is 4.36. The molecule has 4 rings (SSSR count). The van der Waals surface area contributed by atoms with Gasteiger partial charge >= 0.3 is 0 Å². The SMILES string of the molecule is COc1ccc(-c2noc(CSc3nnc(-c4ccncc4)n3CC(C)C)n2)cc1OC. The fourth-order valence-electron chi connectivity index (χ4n) is 3.17. The number of hydrogen-bond donors (Lipinski definition) is 0. The summed E-state index contributed by atoms with van der Waals surface area (Å²) in [5, 5.41) is 13.7. The van der Waals surface area contributed by atoms with Crippen LogP contribution in [0.25, 0.3) is 22.8 Å². The first kappa shape index (κ1) is 21.8. The molecular weight excluding hydrogens is 428 g/mol. The van der Waals surface area contributed by atoms with E-state index in [4.69, 9.17) is 14.0 Å². The molecule has 1 aromatic carbocycles. The predicted molar refractivity (Wildman–Crippen MR) is 120 cm³/mol. The molecule has 0 atom stereocenters. The van der Waals surface area contributed by atoms with E-state index in [9.17, 15) is 0 Å². The maximum absolute atomic E-state index is 5.46. The zero-order valence-electron chi connectivity index (χ0n) is 18.3. The summed E-state index contributed by atoms with van der Waals surface area (Å²) >= 11 is 1.51. The smallest absolute Gasteiger partial charge is 0.237 e. The van der Waals surface area contributed by atoms with Crippen LogP contribution in [0.5, 0.6) is 11.5 Å². The lowest BCUT2D eigenvalue weighted by molar-refractivity contribution is 0.355. The van der Waals surface area contributed by atoms with Crippen LogP contribution in [-0.4, -0.2) is 44.1 Å². The van der Waals surface area contributed by atoms with Crippen LogP contribution in [0, 0.1) is 5.92 Å². The monoisotopic (exact) mass is 452 g/mol. The van der Waals surface area contributed by atoms with Gasteiger partial charge in [0, 0.05) is 30.1 Å². The Morgan fingerprint density at radius 2 is 1.78 bits per heavy atom. The van der Waals surface area contributed by atoms with Gasteiger partial charge in [-0.05, 0) is 36.2 Å². The van der Waals surface area contributed by atoms with Crippen molar-refractivity contribution >= 4 is 11.8 Å². The van der Waals surface area contributed by atoms with Crippen molar-refractivity contribution in [3.05, 3.63) is 48.6 Å². The second-order valence-electron chi connectivity index (χ2n) is 7.42. The molecule has 32 heavy (non-hydrogen) atoms. The van der Waals surface area contributed by atoms with E-state index in [2.05, 4.69) is 43.7 Å². The summed E-state index contributed by atoms with van der Waals surface area (Å²) in [7, 11) is 3.19. The second-order valence-corrected chi connectivity index (χ2v) is 8.36. The zero-order chi connectivity index (χ0) is 22.5. The highest BCUT2D eigenvalue weighted by Crippen LogP contribution is 2.32. The van der Waals surface area contributed by atoms with Crippen LogP contribution in [0.2, 0.25) is 0 Å². The van der Waals surface area contributed by atoms with Gasteiger partial charge in [0.25, 0.3) is 0 Å². The number of hydrogen-bond acceptors (Lipinski definition) is 9. The number of benzene rings is 1. The van der Waals surface area contributed by atoms with Crippen LogP contribution >= 0.6 is 11.8 Å². The lowest BCUT2D eigenvalue weighted by Gasteiger charge is -2.12. The van der Waals surface area contributed by atoms with Gasteiger partial charge in [-0.15, -0.1) is 10.2 Å². The third-order valence-corrected chi connectivity index (χ3v) is 5.59. The molecule has 0 aliphatic carbocycles. The molecule has 3 aromatic heterocycles. The van der Waals surface area contributed by atoms with E-state index < -0.39 is 0 Å². The summed E-state index contributed by atoms with van der Waals surface area (Å²) in [5.74, 6) is 3.98. The number of rotatable bonds is 9. The van der Waals surface area contributed by atoms with Gasteiger partial charge in [0.05, 0.1) is 20.0 Å². The third-order valence-electron chi connectivity index (χ3n) is 4.64. The van der Waals surface area contributed by atoms with Crippen molar-refractivity contribution in [2.45, 2.75) is 31.3 Å². The fraction of sp³-hybridized carbons (Fsp3) is 0.318. The van der Waals surface area contributed by atoms with Crippen molar-refractivity contribution in [2.75, 3.05) is 14.2 Å². The topological polar surface area (TPSA) is 101 Å². The van der Waals surface area contributed by atoms with Crippen LogP contribution in [0.1, 0.15) is 19.7 Å². The Morgan fingerprint density at radius 1 is 1.00 bits per heavy atom. The van der Waals surface area contributed by atoms with Gasteiger partial charge in [0.1, 0.15) is 0 Å². The van der Waals surface area contributed by atoms with Gasteiger partial charge in [-0.3, -0.25) is 4.98 Å². The summed E-state index contributed by atoms with van der Waals surface area (Å²) in [6.45, 7) is 5.13. The van der Waals surface area contributed by atoms with Gasteiger partial charge < -0.3 is 18.6 Å². The molecule has 10 heteroatoms. The summed E-state index contributed by atoms with van der Waals surface area (Å²) < 4.78 is 18.2. The van der Waals surface area contributed by atoms with Crippen molar-refractivity contribution in [1.82, 2.24) is 29.9 Å². The molecule has 0 fully saturated rings. The molecule has 0 aliphatic rings. The van der Waals surface area contributed by atoms with Gasteiger partial charge in [-0.2, -0.15) is 4.98 Å². The van der Waals surface area contributed by atoms with E-state index in [1.54, 1.807) is 26.6 Å². The summed E-state index contributed by atoms with van der Waals surface area (Å²) in [5.41, 5.74) is 1.76. The maximum atomic E-state index is 5.46. The van der Waals surface area contributed by atoms with E-state index >= 15 is 0 Å². The van der Waals surface area contributed by atoms with E-state index in [1.165, 1.54) is 11.8 Å². The largest absolute Gasteiger partial charge is 0.493 e. The van der Waals surface area contributed by atoms with Crippen LogP contribution in [0.4, 0.5) is 0 Å². The summed E-state index contributed by atoms with van der Waals surface area (Å²) in [4.78, 5) is 8.61. The number of thioether (sulfide) groups is 1. The van der Waals surface area contributed by atoms with Crippen LogP contribution < -0.4 is 9.47 Å². The Labute approximate surface area is 190 Å². The highest BCUT2D eigenvalue weighted by Gasteiger charge is 2.18. The van der Waals surface area contributed by atoms with Crippen LogP contribution in [-0.2, 0) is 12.3 Å². The molecule has 0 unspecified atom stereocenters. The molecule has 0 saturated carbocycles. The molecule has 3 heterocycles. The number of ether oxygens (including phenoxy) is 2. The van der Waals surface area contributed by atoms with Crippen molar-refractivity contribution in [2.24, 2.45) is 5.92 Å². The quantitative estimate of drug-likeness (QED) is 0.343. The molecule has 0 spiro atoms. The average Bonchev–Trinajstić information content (AvgIpc) is 3.44. The summed E-state index contributed by atoms with van der Waals surface area (Å²) in [6, 6.07) is 9.36. The molecule has 0 amide bonds. The van der Waals surface area contributed by atoms with E-state index in [0.29, 0.717) is 34.9 Å². The average molecular weight is 453 g/mol. The number of nitrogens with zero attached hydrogens (tertiary/aromatic N) is 6. The normalized spacial score (nSPS) is 11.2. The Kier molecular flexibility index (Phi) is 6.69. The molecule has 0 saturated heterocycles. The van der Waals surface area contributed by atoms with Gasteiger partial charge in [-0.25, -0.2) is 0 Å². The molecule has 0 bridgehead atoms. The first-order chi connectivity index (χ1) is 15.6. The van der Waals surface area contributed by atoms with E-state index in [0.717, 1.165) is 28.7 Å². The van der Waals surface area contributed by atoms with Crippen LogP contribution in [0.3, 0.4) is 0 Å². The van der Waals surface area contributed by atoms with E-state index in [-0.39, 0.29) is 0 Å². The van der Waals surface area contributed by atoms with Gasteiger partial charge in [0.15, 0.2) is 22.5 Å². The Morgan fingerprint density at radius 3 is 2.50 bits per heavy atom. The first-order valence-corrected chi connectivity index (χ1v) is 11.1. The minimum atomic E-state index is 0.436. The second kappa shape index (κ2) is 9.82. The Hall–Kier alpha value is -3.40. The van der Waals surface area contributed by atoms with Crippen LogP contribution in [0.15, 0.2) is 52.4 Å². The van der Waals surface area contributed by atoms with Gasteiger partial charge in [-0.1, -0.05) is 30.8 Å². The Bertz CT molecular complexity index is 1180. The number of methoxy groups -OCH3 is 2. The minimum absolute atomic E-state index is 0.436. The van der Waals surface area contributed by atoms with Crippen molar-refractivity contribution in [3.63, 3.8) is 0 Å². The number of aromatic nitrogens is 6. The molecule has 0 N–H and O–H groups in total. The number of pyridine rings is 1. The third kappa shape index (κ3) is 4.75. The summed E-state index contributed by atoms with van der Waals surface area (Å²) in [6.07, 6.45) is 3.51.